The average Bonchev–Trinajstić information content (AvgIpc) is 2.42. The van der Waals surface area contributed by atoms with Crippen molar-refractivity contribution in [2.75, 3.05) is 13.1 Å². The lowest BCUT2D eigenvalue weighted by molar-refractivity contribution is -0.166. The van der Waals surface area contributed by atoms with Crippen molar-refractivity contribution in [3.05, 3.63) is 0 Å². The van der Waals surface area contributed by atoms with Crippen LogP contribution in [0.2, 0.25) is 0 Å². The highest BCUT2D eigenvalue weighted by Gasteiger charge is 2.56. The van der Waals surface area contributed by atoms with E-state index in [1.807, 2.05) is 20.8 Å². The summed E-state index contributed by atoms with van der Waals surface area (Å²) in [6, 6.07) is 0. The molecule has 102 valence electrons. The molecule has 1 amide bonds. The van der Waals surface area contributed by atoms with Gasteiger partial charge in [0.25, 0.3) is 0 Å². The molecule has 0 radical (unpaired) electrons. The Morgan fingerprint density at radius 1 is 1.50 bits per heavy atom. The Kier molecular flexibility index (Phi) is 3.13. The summed E-state index contributed by atoms with van der Waals surface area (Å²) in [5, 5.41) is 8.74. The van der Waals surface area contributed by atoms with E-state index >= 15 is 0 Å². The molecule has 0 aromatic carbocycles. The molecule has 1 saturated carbocycles. The summed E-state index contributed by atoms with van der Waals surface area (Å²) in [5.74, 6) is -0.944. The first-order valence-corrected chi connectivity index (χ1v) is 6.41. The van der Waals surface area contributed by atoms with Crippen LogP contribution in [-0.4, -0.2) is 46.7 Å². The highest BCUT2D eigenvalue weighted by molar-refractivity contribution is 5.88. The van der Waals surface area contributed by atoms with Crippen molar-refractivity contribution in [1.29, 1.82) is 0 Å². The Balaban J connectivity index is 1.90. The number of amides is 1. The fourth-order valence-electron chi connectivity index (χ4n) is 2.98. The molecular weight excluding hydrogens is 234 g/mol. The first kappa shape index (κ1) is 13.3. The molecule has 5 heteroatoms. The Hall–Kier alpha value is -1.10. The van der Waals surface area contributed by atoms with E-state index in [9.17, 15) is 9.59 Å². The molecule has 0 aromatic heterocycles. The van der Waals surface area contributed by atoms with Crippen molar-refractivity contribution >= 4 is 11.9 Å². The summed E-state index contributed by atoms with van der Waals surface area (Å²) in [6.45, 7) is 6.40. The van der Waals surface area contributed by atoms with Crippen molar-refractivity contribution in [2.45, 2.75) is 51.7 Å². The van der Waals surface area contributed by atoms with Crippen molar-refractivity contribution in [1.82, 2.24) is 4.90 Å². The van der Waals surface area contributed by atoms with Crippen LogP contribution in [-0.2, 0) is 14.3 Å². The van der Waals surface area contributed by atoms with Crippen molar-refractivity contribution in [3.8, 4) is 0 Å². The minimum atomic E-state index is -0.942. The Morgan fingerprint density at radius 2 is 2.11 bits per heavy atom. The maximum atomic E-state index is 12.2. The number of likely N-dealkylation sites (tertiary alicyclic amines) is 1. The van der Waals surface area contributed by atoms with Crippen molar-refractivity contribution in [3.63, 3.8) is 0 Å². The summed E-state index contributed by atoms with van der Waals surface area (Å²) in [5.41, 5.74) is -0.514. The van der Waals surface area contributed by atoms with Gasteiger partial charge in [0.05, 0.1) is 17.1 Å². The van der Waals surface area contributed by atoms with E-state index in [-0.39, 0.29) is 29.6 Å². The van der Waals surface area contributed by atoms with Gasteiger partial charge in [-0.05, 0) is 40.0 Å². The van der Waals surface area contributed by atoms with Crippen LogP contribution in [0.3, 0.4) is 0 Å². The number of aliphatic carboxylic acids is 1. The predicted molar refractivity (Wildman–Crippen MR) is 65.1 cm³/mol. The topological polar surface area (TPSA) is 66.8 Å². The van der Waals surface area contributed by atoms with E-state index in [2.05, 4.69) is 0 Å². The zero-order valence-corrected chi connectivity index (χ0v) is 11.2. The number of carboxylic acid groups (broad SMARTS) is 1. The second kappa shape index (κ2) is 4.23. The third-order valence-corrected chi connectivity index (χ3v) is 3.68. The van der Waals surface area contributed by atoms with E-state index in [4.69, 9.17) is 9.84 Å². The van der Waals surface area contributed by atoms with Gasteiger partial charge in [0.15, 0.2) is 0 Å². The number of carbonyl (C=O) groups is 2. The largest absolute Gasteiger partial charge is 0.480 e. The predicted octanol–water partition coefficient (Wildman–Crippen LogP) is 1.27. The van der Waals surface area contributed by atoms with Gasteiger partial charge in [0.2, 0.25) is 5.91 Å². The molecule has 1 aliphatic heterocycles. The standard InChI is InChI=1S/C13H21NO4/c1-12(2,3)18-9-6-13(7-9)4-5-14(11(13)17)8-10(15)16/h9H,4-8H2,1-3H3,(H,15,16). The quantitative estimate of drug-likeness (QED) is 0.824. The van der Waals surface area contributed by atoms with Gasteiger partial charge in [-0.15, -0.1) is 0 Å². The van der Waals surface area contributed by atoms with Crippen LogP contribution in [0.4, 0.5) is 0 Å². The molecule has 1 saturated heterocycles. The van der Waals surface area contributed by atoms with E-state index in [1.54, 1.807) is 0 Å². The minimum absolute atomic E-state index is 0.00124. The number of rotatable bonds is 3. The smallest absolute Gasteiger partial charge is 0.323 e. The lowest BCUT2D eigenvalue weighted by atomic mass is 9.65. The fourth-order valence-corrected chi connectivity index (χ4v) is 2.98. The Labute approximate surface area is 107 Å². The molecule has 0 atom stereocenters. The number of hydrogen-bond acceptors (Lipinski definition) is 3. The molecule has 2 rings (SSSR count). The zero-order chi connectivity index (χ0) is 13.6. The first-order valence-electron chi connectivity index (χ1n) is 6.41. The van der Waals surface area contributed by atoms with E-state index in [1.165, 1.54) is 4.90 Å². The van der Waals surface area contributed by atoms with Gasteiger partial charge in [-0.1, -0.05) is 0 Å². The molecule has 1 aliphatic carbocycles. The molecule has 2 fully saturated rings. The Bertz CT molecular complexity index is 366. The number of hydrogen-bond donors (Lipinski definition) is 1. The molecule has 0 bridgehead atoms. The molecule has 1 spiro atoms. The van der Waals surface area contributed by atoms with E-state index in [0.717, 1.165) is 19.3 Å². The second-order valence-electron chi connectivity index (χ2n) is 6.41. The molecule has 5 nitrogen and oxygen atoms in total. The average molecular weight is 255 g/mol. The van der Waals surface area contributed by atoms with Crippen molar-refractivity contribution in [2.24, 2.45) is 5.41 Å². The van der Waals surface area contributed by atoms with Crippen LogP contribution in [0.1, 0.15) is 40.0 Å². The minimum Gasteiger partial charge on any atom is -0.480 e. The van der Waals surface area contributed by atoms with Gasteiger partial charge in [0, 0.05) is 6.54 Å². The van der Waals surface area contributed by atoms with Crippen LogP contribution in [0.5, 0.6) is 0 Å². The molecule has 18 heavy (non-hydrogen) atoms. The number of carboxylic acids is 1. The molecule has 2 aliphatic rings. The van der Waals surface area contributed by atoms with Gasteiger partial charge < -0.3 is 14.7 Å². The van der Waals surface area contributed by atoms with E-state index in [0.29, 0.717) is 6.54 Å². The third kappa shape index (κ3) is 2.51. The van der Waals surface area contributed by atoms with Gasteiger partial charge in [-0.25, -0.2) is 0 Å². The highest BCUT2D eigenvalue weighted by Crippen LogP contribution is 2.51. The molecule has 0 unspecified atom stereocenters. The Morgan fingerprint density at radius 3 is 2.61 bits per heavy atom. The molecule has 0 aromatic rings. The third-order valence-electron chi connectivity index (χ3n) is 3.68. The SMILES string of the molecule is CC(C)(C)OC1CC2(CCN(CC(=O)O)C2=O)C1. The van der Waals surface area contributed by atoms with Gasteiger partial charge in [-0.2, -0.15) is 0 Å². The number of carbonyl (C=O) groups excluding carboxylic acids is 1. The maximum Gasteiger partial charge on any atom is 0.323 e. The van der Waals surface area contributed by atoms with Gasteiger partial charge >= 0.3 is 5.97 Å². The van der Waals surface area contributed by atoms with Crippen LogP contribution in [0, 0.1) is 5.41 Å². The molecular formula is C13H21NO4. The van der Waals surface area contributed by atoms with Crippen molar-refractivity contribution < 1.29 is 19.4 Å². The molecule has 1 N–H and O–H groups in total. The summed E-state index contributed by atoms with van der Waals surface area (Å²) in [7, 11) is 0. The van der Waals surface area contributed by atoms with Gasteiger partial charge in [-0.3, -0.25) is 9.59 Å². The van der Waals surface area contributed by atoms with E-state index < -0.39 is 5.97 Å². The summed E-state index contributed by atoms with van der Waals surface area (Å²) in [6.07, 6.45) is 2.38. The van der Waals surface area contributed by atoms with Crippen LogP contribution < -0.4 is 0 Å². The number of ether oxygens (including phenoxy) is 1. The normalized spacial score (nSPS) is 31.8. The van der Waals surface area contributed by atoms with Crippen LogP contribution in [0.15, 0.2) is 0 Å². The maximum absolute atomic E-state index is 12.2. The summed E-state index contributed by atoms with van der Waals surface area (Å²) < 4.78 is 5.84. The summed E-state index contributed by atoms with van der Waals surface area (Å²) in [4.78, 5) is 24.3. The fraction of sp³-hybridized carbons (Fsp3) is 0.846. The molecule has 1 heterocycles. The first-order chi connectivity index (χ1) is 8.22. The van der Waals surface area contributed by atoms with Gasteiger partial charge in [0.1, 0.15) is 6.54 Å². The van der Waals surface area contributed by atoms with Crippen LogP contribution in [0.25, 0.3) is 0 Å². The lowest BCUT2D eigenvalue weighted by Crippen LogP contribution is -2.50. The number of nitrogens with zero attached hydrogens (tertiary/aromatic N) is 1. The van der Waals surface area contributed by atoms with Crippen LogP contribution >= 0.6 is 0 Å². The lowest BCUT2D eigenvalue weighted by Gasteiger charge is -2.45. The highest BCUT2D eigenvalue weighted by atomic mass is 16.5. The monoisotopic (exact) mass is 255 g/mol. The second-order valence-corrected chi connectivity index (χ2v) is 6.41. The zero-order valence-electron chi connectivity index (χ0n) is 11.2. The summed E-state index contributed by atoms with van der Waals surface area (Å²) >= 11 is 0.